The van der Waals surface area contributed by atoms with Crippen molar-refractivity contribution in [3.63, 3.8) is 0 Å². The zero-order valence-corrected chi connectivity index (χ0v) is 30.1. The SMILES string of the molecule is c1ccc(-c2ccc(-c3nc(-n4c5ccc6ccccc6c5c5cc6c7ccccc7n7c8ccccc8c(c54)c67)nc4c3ccc3ccccc34)cc2)cc1. The number of para-hydroxylation sites is 2. The minimum Gasteiger partial charge on any atom is -0.308 e. The fourth-order valence-corrected chi connectivity index (χ4v) is 9.61. The first-order valence-corrected chi connectivity index (χ1v) is 19.2. The molecule has 0 aliphatic carbocycles. The minimum atomic E-state index is 0.661. The molecule has 0 radical (unpaired) electrons. The van der Waals surface area contributed by atoms with Gasteiger partial charge in [-0.05, 0) is 57.6 Å². The lowest BCUT2D eigenvalue weighted by Gasteiger charge is -2.14. The molecule has 0 saturated carbocycles. The Bertz CT molecular complexity index is 3740. The third-order valence-electron chi connectivity index (χ3n) is 12.0. The molecular weight excluding hydrogens is 681 g/mol. The van der Waals surface area contributed by atoms with Crippen molar-refractivity contribution in [3.05, 3.63) is 182 Å². The maximum Gasteiger partial charge on any atom is 0.235 e. The van der Waals surface area contributed by atoms with E-state index in [1.807, 2.05) is 0 Å². The van der Waals surface area contributed by atoms with Crippen molar-refractivity contribution in [2.45, 2.75) is 0 Å². The van der Waals surface area contributed by atoms with E-state index >= 15 is 0 Å². The zero-order valence-electron chi connectivity index (χ0n) is 30.1. The van der Waals surface area contributed by atoms with E-state index in [-0.39, 0.29) is 0 Å². The van der Waals surface area contributed by atoms with Crippen molar-refractivity contribution in [3.8, 4) is 28.3 Å². The average molecular weight is 711 g/mol. The first kappa shape index (κ1) is 29.8. The number of hydrogen-bond donors (Lipinski definition) is 0. The van der Waals surface area contributed by atoms with Crippen LogP contribution >= 0.6 is 0 Å². The topological polar surface area (TPSA) is 35.1 Å². The summed E-state index contributed by atoms with van der Waals surface area (Å²) in [6.45, 7) is 0. The minimum absolute atomic E-state index is 0.661. The summed E-state index contributed by atoms with van der Waals surface area (Å²) in [4.78, 5) is 11.2. The summed E-state index contributed by atoms with van der Waals surface area (Å²) in [6, 6.07) is 65.7. The predicted molar refractivity (Wildman–Crippen MR) is 234 cm³/mol. The van der Waals surface area contributed by atoms with Crippen molar-refractivity contribution in [1.29, 1.82) is 0 Å². The molecule has 0 saturated heterocycles. The van der Waals surface area contributed by atoms with Gasteiger partial charge in [-0.25, -0.2) is 9.97 Å². The second-order valence-corrected chi connectivity index (χ2v) is 14.9. The number of benzene rings is 9. The van der Waals surface area contributed by atoms with E-state index in [0.717, 1.165) is 44.0 Å². The van der Waals surface area contributed by atoms with Gasteiger partial charge in [-0.15, -0.1) is 0 Å². The molecule has 13 aromatic rings. The van der Waals surface area contributed by atoms with Crippen LogP contribution in [-0.2, 0) is 0 Å². The lowest BCUT2D eigenvalue weighted by molar-refractivity contribution is 1.02. The van der Waals surface area contributed by atoms with E-state index in [4.69, 9.17) is 9.97 Å². The summed E-state index contributed by atoms with van der Waals surface area (Å²) in [5.74, 6) is 0.661. The molecule has 4 aromatic heterocycles. The van der Waals surface area contributed by atoms with Gasteiger partial charge < -0.3 is 4.40 Å². The van der Waals surface area contributed by atoms with Gasteiger partial charge in [0.05, 0.1) is 38.8 Å². The molecule has 0 N–H and O–H groups in total. The molecule has 0 amide bonds. The number of aromatic nitrogens is 4. The van der Waals surface area contributed by atoms with Crippen molar-refractivity contribution in [1.82, 2.24) is 18.9 Å². The number of nitrogens with zero attached hydrogens (tertiary/aromatic N) is 4. The van der Waals surface area contributed by atoms with Gasteiger partial charge in [0, 0.05) is 48.7 Å². The number of rotatable bonds is 3. The maximum absolute atomic E-state index is 5.62. The first-order valence-electron chi connectivity index (χ1n) is 19.2. The van der Waals surface area contributed by atoms with Gasteiger partial charge in [0.15, 0.2) is 0 Å². The Kier molecular flexibility index (Phi) is 5.86. The van der Waals surface area contributed by atoms with Crippen LogP contribution in [0.2, 0.25) is 0 Å². The number of fused-ring (bicyclic) bond motifs is 15. The zero-order chi connectivity index (χ0) is 36.5. The van der Waals surface area contributed by atoms with Gasteiger partial charge in [0.25, 0.3) is 0 Å². The van der Waals surface area contributed by atoms with Gasteiger partial charge in [0.1, 0.15) is 0 Å². The van der Waals surface area contributed by atoms with Gasteiger partial charge >= 0.3 is 0 Å². The summed E-state index contributed by atoms with van der Waals surface area (Å²) < 4.78 is 4.82. The van der Waals surface area contributed by atoms with Gasteiger partial charge in [-0.1, -0.05) is 152 Å². The molecule has 0 aliphatic rings. The summed E-state index contributed by atoms with van der Waals surface area (Å²) in [6.07, 6.45) is 0. The Morgan fingerprint density at radius 2 is 0.946 bits per heavy atom. The van der Waals surface area contributed by atoms with Crippen LogP contribution in [0.1, 0.15) is 0 Å². The third-order valence-corrected chi connectivity index (χ3v) is 12.0. The van der Waals surface area contributed by atoms with Crippen LogP contribution in [-0.4, -0.2) is 18.9 Å². The fourth-order valence-electron chi connectivity index (χ4n) is 9.61. The average Bonchev–Trinajstić information content (AvgIpc) is 3.91. The van der Waals surface area contributed by atoms with E-state index in [1.165, 1.54) is 70.8 Å². The van der Waals surface area contributed by atoms with Gasteiger partial charge in [-0.2, -0.15) is 0 Å². The van der Waals surface area contributed by atoms with Crippen LogP contribution in [0.4, 0.5) is 0 Å². The molecule has 0 atom stereocenters. The highest BCUT2D eigenvalue weighted by Gasteiger charge is 2.26. The van der Waals surface area contributed by atoms with E-state index in [2.05, 4.69) is 191 Å². The van der Waals surface area contributed by atoms with E-state index < -0.39 is 0 Å². The summed E-state index contributed by atoms with van der Waals surface area (Å²) in [5, 5.41) is 13.1. The van der Waals surface area contributed by atoms with Crippen LogP contribution in [0.5, 0.6) is 0 Å². The molecule has 0 spiro atoms. The van der Waals surface area contributed by atoms with Crippen molar-refractivity contribution in [2.75, 3.05) is 0 Å². The highest BCUT2D eigenvalue weighted by atomic mass is 15.2. The lowest BCUT2D eigenvalue weighted by atomic mass is 9.99. The molecule has 9 aromatic carbocycles. The maximum atomic E-state index is 5.62. The quantitative estimate of drug-likeness (QED) is 0.171. The molecule has 0 unspecified atom stereocenters. The smallest absolute Gasteiger partial charge is 0.235 e. The molecule has 0 aliphatic heterocycles. The second kappa shape index (κ2) is 11.0. The Labute approximate surface area is 320 Å². The molecule has 4 heterocycles. The van der Waals surface area contributed by atoms with Crippen molar-refractivity contribution < 1.29 is 0 Å². The molecule has 4 heteroatoms. The Morgan fingerprint density at radius 1 is 0.339 bits per heavy atom. The summed E-state index contributed by atoms with van der Waals surface area (Å²) >= 11 is 0. The normalized spacial score (nSPS) is 12.3. The van der Waals surface area contributed by atoms with Crippen molar-refractivity contribution >= 4 is 92.3 Å². The third kappa shape index (κ3) is 3.92. The van der Waals surface area contributed by atoms with E-state index in [0.29, 0.717) is 5.95 Å². The monoisotopic (exact) mass is 710 g/mol. The highest BCUT2D eigenvalue weighted by Crippen LogP contribution is 2.47. The molecule has 258 valence electrons. The summed E-state index contributed by atoms with van der Waals surface area (Å²) in [5.41, 5.74) is 11.1. The van der Waals surface area contributed by atoms with Crippen molar-refractivity contribution in [2.24, 2.45) is 0 Å². The second-order valence-electron chi connectivity index (χ2n) is 14.9. The Balaban J connectivity index is 1.23. The standard InChI is InChI=1S/C52H30N4/c1-2-12-31(13-3-1)32-22-24-35(25-23-32)48-40-28-26-34-15-5-7-17-37(34)49(40)54-52(53-48)56-45-29-27-33-14-4-6-16-36(33)46(45)42-30-41-38-18-8-10-20-43(38)55-44-21-11-9-19-39(44)47(50(41)55)51(42)56/h1-30H. The largest absolute Gasteiger partial charge is 0.308 e. The Hall–Kier alpha value is -7.56. The van der Waals surface area contributed by atoms with Crippen LogP contribution in [0.25, 0.3) is 121 Å². The van der Waals surface area contributed by atoms with Crippen LogP contribution in [0.15, 0.2) is 182 Å². The Morgan fingerprint density at radius 3 is 1.75 bits per heavy atom. The predicted octanol–water partition coefficient (Wildman–Crippen LogP) is 13.5. The molecule has 0 fully saturated rings. The van der Waals surface area contributed by atoms with Gasteiger partial charge in [-0.3, -0.25) is 4.57 Å². The highest BCUT2D eigenvalue weighted by molar-refractivity contribution is 6.36. The molecule has 56 heavy (non-hydrogen) atoms. The molecular formula is C52H30N4. The lowest BCUT2D eigenvalue weighted by Crippen LogP contribution is -2.04. The first-order chi connectivity index (χ1) is 27.8. The van der Waals surface area contributed by atoms with Crippen LogP contribution < -0.4 is 0 Å². The van der Waals surface area contributed by atoms with Crippen LogP contribution in [0, 0.1) is 0 Å². The molecule has 4 nitrogen and oxygen atoms in total. The van der Waals surface area contributed by atoms with Crippen LogP contribution in [0.3, 0.4) is 0 Å². The van der Waals surface area contributed by atoms with E-state index in [1.54, 1.807) is 0 Å². The van der Waals surface area contributed by atoms with E-state index in [9.17, 15) is 0 Å². The molecule has 0 bridgehead atoms. The molecule has 13 rings (SSSR count). The van der Waals surface area contributed by atoms with Gasteiger partial charge in [0.2, 0.25) is 5.95 Å². The summed E-state index contributed by atoms with van der Waals surface area (Å²) in [7, 11) is 0. The number of hydrogen-bond acceptors (Lipinski definition) is 2. The fraction of sp³-hybridized carbons (Fsp3) is 0.